The number of fused-ring (bicyclic) bond motifs is 1. The number of hydrogen-bond donors (Lipinski definition) is 4. The summed E-state index contributed by atoms with van der Waals surface area (Å²) in [6.07, 6.45) is 1.37. The number of aromatic amines is 1. The van der Waals surface area contributed by atoms with Crippen molar-refractivity contribution in [2.24, 2.45) is 0 Å². The third-order valence-electron chi connectivity index (χ3n) is 6.39. The highest BCUT2D eigenvalue weighted by molar-refractivity contribution is 5.77. The Kier molecular flexibility index (Phi) is 7.30. The molecule has 9 heteroatoms. The van der Waals surface area contributed by atoms with Gasteiger partial charge in [0.25, 0.3) is 5.91 Å². The van der Waals surface area contributed by atoms with Crippen LogP contribution in [0.2, 0.25) is 0 Å². The highest BCUT2D eigenvalue weighted by Crippen LogP contribution is 2.41. The summed E-state index contributed by atoms with van der Waals surface area (Å²) in [6.45, 7) is 4.05. The van der Waals surface area contributed by atoms with Gasteiger partial charge in [0.2, 0.25) is 6.35 Å². The summed E-state index contributed by atoms with van der Waals surface area (Å²) in [5.41, 5.74) is 5.02. The molecular weight excluding hydrogens is 482 g/mol. The van der Waals surface area contributed by atoms with E-state index in [-0.39, 0.29) is 18.6 Å². The van der Waals surface area contributed by atoms with Gasteiger partial charge in [-0.2, -0.15) is 5.10 Å². The minimum atomic E-state index is -1.16. The average Bonchev–Trinajstić information content (AvgIpc) is 3.45. The lowest BCUT2D eigenvalue weighted by molar-refractivity contribution is -0.123. The van der Waals surface area contributed by atoms with Crippen LogP contribution in [0.25, 0.3) is 11.1 Å². The number of ether oxygens (including phenoxy) is 1. The first-order chi connectivity index (χ1) is 18.4. The first-order valence-electron chi connectivity index (χ1n) is 12.5. The lowest BCUT2D eigenvalue weighted by Gasteiger charge is -2.46. The average molecular weight is 514 g/mol. The number of aromatic nitrogens is 2. The van der Waals surface area contributed by atoms with Crippen molar-refractivity contribution >= 4 is 17.3 Å². The van der Waals surface area contributed by atoms with E-state index in [1.807, 2.05) is 73.5 Å². The molecule has 1 aliphatic heterocycles. The first kappa shape index (κ1) is 25.3. The fourth-order valence-electron chi connectivity index (χ4n) is 4.61. The number of aliphatic hydroxyl groups is 2. The molecule has 1 aliphatic rings. The van der Waals surface area contributed by atoms with Crippen LogP contribution in [0.3, 0.4) is 0 Å². The van der Waals surface area contributed by atoms with Gasteiger partial charge in [0, 0.05) is 47.4 Å². The summed E-state index contributed by atoms with van der Waals surface area (Å²) in [5, 5.41) is 32.5. The highest BCUT2D eigenvalue weighted by atomic mass is 16.5. The van der Waals surface area contributed by atoms with Gasteiger partial charge in [-0.3, -0.25) is 14.8 Å². The SMILES string of the molecule is CC(C)NC(=O)COc1cccc(N2C(O)c3ccccc3N(Cc3ccc(-c4cn[nH]c4)cc3)C2O)c1. The molecule has 0 aliphatic carbocycles. The third kappa shape index (κ3) is 5.34. The Bertz CT molecular complexity index is 1370. The number of aliphatic hydroxyl groups excluding tert-OH is 2. The normalized spacial score (nSPS) is 16.9. The first-order valence-corrected chi connectivity index (χ1v) is 12.5. The van der Waals surface area contributed by atoms with Gasteiger partial charge in [-0.05, 0) is 43.2 Å². The Hall–Kier alpha value is -4.34. The number of H-pyrrole nitrogens is 1. The maximum Gasteiger partial charge on any atom is 0.258 e. The van der Waals surface area contributed by atoms with E-state index in [1.54, 1.807) is 30.5 Å². The quantitative estimate of drug-likeness (QED) is 0.284. The molecule has 2 unspecified atom stereocenters. The second-order valence-electron chi connectivity index (χ2n) is 9.51. The number of carbonyl (C=O) groups excluding carboxylic acids is 1. The van der Waals surface area contributed by atoms with Gasteiger partial charge in [0.05, 0.1) is 6.20 Å². The Morgan fingerprint density at radius 1 is 1.05 bits per heavy atom. The van der Waals surface area contributed by atoms with Gasteiger partial charge in [0.15, 0.2) is 12.8 Å². The standard InChI is InChI=1S/C29H31N5O4/c1-19(2)32-27(35)18-38-24-7-5-6-23(14-24)34-28(36)25-8-3-4-9-26(25)33(29(34)37)17-20-10-12-21(13-11-20)22-15-30-31-16-22/h3-16,19,28-29,36-37H,17-18H2,1-2H3,(H,30,31)(H,32,35). The minimum Gasteiger partial charge on any atom is -0.484 e. The van der Waals surface area contributed by atoms with Crippen LogP contribution in [0.1, 0.15) is 31.2 Å². The molecule has 0 spiro atoms. The Morgan fingerprint density at radius 2 is 1.84 bits per heavy atom. The second-order valence-corrected chi connectivity index (χ2v) is 9.51. The zero-order valence-electron chi connectivity index (χ0n) is 21.3. The van der Waals surface area contributed by atoms with Crippen LogP contribution in [-0.2, 0) is 11.3 Å². The van der Waals surface area contributed by atoms with Crippen LogP contribution in [0.4, 0.5) is 11.4 Å². The molecule has 4 N–H and O–H groups in total. The Morgan fingerprint density at radius 3 is 2.58 bits per heavy atom. The van der Waals surface area contributed by atoms with Crippen LogP contribution in [0, 0.1) is 0 Å². The predicted octanol–water partition coefficient (Wildman–Crippen LogP) is 3.77. The van der Waals surface area contributed by atoms with Crippen molar-refractivity contribution in [3.05, 3.63) is 96.3 Å². The van der Waals surface area contributed by atoms with Crippen LogP contribution >= 0.6 is 0 Å². The lowest BCUT2D eigenvalue weighted by Crippen LogP contribution is -2.54. The van der Waals surface area contributed by atoms with Crippen molar-refractivity contribution in [2.75, 3.05) is 16.4 Å². The molecule has 9 nitrogen and oxygen atoms in total. The van der Waals surface area contributed by atoms with Crippen molar-refractivity contribution < 1.29 is 19.7 Å². The van der Waals surface area contributed by atoms with E-state index in [0.29, 0.717) is 23.5 Å². The van der Waals surface area contributed by atoms with Gasteiger partial charge < -0.3 is 25.2 Å². The number of nitrogens with zero attached hydrogens (tertiary/aromatic N) is 3. The molecule has 0 fully saturated rings. The van der Waals surface area contributed by atoms with Crippen molar-refractivity contribution in [3.8, 4) is 16.9 Å². The lowest BCUT2D eigenvalue weighted by atomic mass is 10.0. The number of rotatable bonds is 8. The summed E-state index contributed by atoms with van der Waals surface area (Å²) in [6, 6.07) is 22.6. The number of amides is 1. The van der Waals surface area contributed by atoms with Gasteiger partial charge in [-0.25, -0.2) is 0 Å². The largest absolute Gasteiger partial charge is 0.484 e. The zero-order valence-corrected chi connectivity index (χ0v) is 21.3. The number of hydrogen-bond acceptors (Lipinski definition) is 7. The number of nitrogens with one attached hydrogen (secondary N) is 2. The van der Waals surface area contributed by atoms with Crippen molar-refractivity contribution in [1.29, 1.82) is 0 Å². The topological polar surface area (TPSA) is 114 Å². The summed E-state index contributed by atoms with van der Waals surface area (Å²) < 4.78 is 5.68. The molecule has 3 aromatic carbocycles. The summed E-state index contributed by atoms with van der Waals surface area (Å²) in [7, 11) is 0. The number of carbonyl (C=O) groups is 1. The van der Waals surface area contributed by atoms with E-state index in [4.69, 9.17) is 4.74 Å². The molecule has 0 saturated heterocycles. The Labute approximate surface area is 221 Å². The fourth-order valence-corrected chi connectivity index (χ4v) is 4.61. The summed E-state index contributed by atoms with van der Waals surface area (Å²) in [4.78, 5) is 15.4. The van der Waals surface area contributed by atoms with Crippen molar-refractivity contribution in [1.82, 2.24) is 15.5 Å². The third-order valence-corrected chi connectivity index (χ3v) is 6.39. The number of para-hydroxylation sites is 1. The number of benzene rings is 3. The van der Waals surface area contributed by atoms with Crippen LogP contribution < -0.4 is 19.9 Å². The molecular formula is C29H31N5O4. The maximum atomic E-state index is 12.0. The van der Waals surface area contributed by atoms with E-state index < -0.39 is 12.6 Å². The molecule has 0 bridgehead atoms. The van der Waals surface area contributed by atoms with E-state index in [9.17, 15) is 15.0 Å². The molecule has 1 aromatic heterocycles. The predicted molar refractivity (Wildman–Crippen MR) is 145 cm³/mol. The smallest absolute Gasteiger partial charge is 0.258 e. The molecule has 2 atom stereocenters. The molecule has 5 rings (SSSR count). The van der Waals surface area contributed by atoms with Gasteiger partial charge in [0.1, 0.15) is 5.75 Å². The van der Waals surface area contributed by atoms with Gasteiger partial charge in [-0.15, -0.1) is 0 Å². The van der Waals surface area contributed by atoms with E-state index in [0.717, 1.165) is 22.4 Å². The van der Waals surface area contributed by atoms with Crippen LogP contribution in [0.15, 0.2) is 85.2 Å². The van der Waals surface area contributed by atoms with Crippen molar-refractivity contribution in [3.63, 3.8) is 0 Å². The monoisotopic (exact) mass is 513 g/mol. The summed E-state index contributed by atoms with van der Waals surface area (Å²) >= 11 is 0. The maximum absolute atomic E-state index is 12.0. The minimum absolute atomic E-state index is 0.0176. The van der Waals surface area contributed by atoms with Crippen LogP contribution in [0.5, 0.6) is 5.75 Å². The fraction of sp³-hybridized carbons (Fsp3) is 0.241. The zero-order chi connectivity index (χ0) is 26.6. The van der Waals surface area contributed by atoms with E-state index >= 15 is 0 Å². The molecule has 4 aromatic rings. The molecule has 0 saturated carbocycles. The summed E-state index contributed by atoms with van der Waals surface area (Å²) in [5.74, 6) is 0.239. The number of anilines is 2. The van der Waals surface area contributed by atoms with Gasteiger partial charge >= 0.3 is 0 Å². The van der Waals surface area contributed by atoms with Crippen LogP contribution in [-0.4, -0.2) is 45.3 Å². The Balaban J connectivity index is 1.40. The van der Waals surface area contributed by atoms with E-state index in [2.05, 4.69) is 15.5 Å². The van der Waals surface area contributed by atoms with Crippen molar-refractivity contribution in [2.45, 2.75) is 39.0 Å². The highest BCUT2D eigenvalue weighted by Gasteiger charge is 2.37. The van der Waals surface area contributed by atoms with Gasteiger partial charge in [-0.1, -0.05) is 48.5 Å². The molecule has 38 heavy (non-hydrogen) atoms. The molecule has 196 valence electrons. The molecule has 0 radical (unpaired) electrons. The second kappa shape index (κ2) is 11.0. The molecule has 2 heterocycles. The van der Waals surface area contributed by atoms with E-state index in [1.165, 1.54) is 4.90 Å². The molecule has 1 amide bonds.